The van der Waals surface area contributed by atoms with Gasteiger partial charge in [0.25, 0.3) is 0 Å². The second-order valence-corrected chi connectivity index (χ2v) is 12.5. The fourth-order valence-corrected chi connectivity index (χ4v) is 4.49. The molecular weight excluding hydrogens is 520 g/mol. The zero-order valence-corrected chi connectivity index (χ0v) is 27.5. The van der Waals surface area contributed by atoms with Crippen molar-refractivity contribution in [3.8, 4) is 11.5 Å². The van der Waals surface area contributed by atoms with Crippen molar-refractivity contribution < 1.29 is 28.9 Å². The number of aliphatic hydroxyl groups is 1. The molecule has 0 aliphatic carbocycles. The van der Waals surface area contributed by atoms with Gasteiger partial charge in [-0.1, -0.05) is 61.0 Å². The van der Waals surface area contributed by atoms with Gasteiger partial charge in [0.1, 0.15) is 5.78 Å². The fourth-order valence-electron chi connectivity index (χ4n) is 4.49. The molecular formula is C33H60N2O6. The average Bonchev–Trinajstić information content (AvgIpc) is 2.91. The molecule has 41 heavy (non-hydrogen) atoms. The maximum Gasteiger partial charge on any atom is 0.223 e. The molecule has 0 aliphatic rings. The number of hydrogen-bond donors (Lipinski definition) is 3. The molecule has 0 saturated heterocycles. The molecule has 0 unspecified atom stereocenters. The maximum absolute atomic E-state index is 12.3. The van der Waals surface area contributed by atoms with Crippen LogP contribution in [0.25, 0.3) is 0 Å². The molecule has 0 aromatic heterocycles. The number of amides is 1. The first-order valence-electron chi connectivity index (χ1n) is 15.2. The Bertz CT molecular complexity index is 884. The number of benzene rings is 1. The van der Waals surface area contributed by atoms with E-state index in [1.165, 1.54) is 12.0 Å². The summed E-state index contributed by atoms with van der Waals surface area (Å²) in [6.07, 6.45) is 3.58. The van der Waals surface area contributed by atoms with E-state index >= 15 is 0 Å². The van der Waals surface area contributed by atoms with Crippen molar-refractivity contribution >= 4 is 11.7 Å². The summed E-state index contributed by atoms with van der Waals surface area (Å²) in [7, 11) is 3.39. The molecule has 0 bridgehead atoms. The highest BCUT2D eigenvalue weighted by Gasteiger charge is 2.30. The van der Waals surface area contributed by atoms with Gasteiger partial charge >= 0.3 is 0 Å². The molecule has 5 N–H and O–H groups in total. The zero-order chi connectivity index (χ0) is 31.8. The standard InChI is InChI=1S/C18H30O3.C15H30N2O3/c1-6-16(14(2)3)12-15-8-9-17(20-5)18(13-15)21-11-7-10-19-4;1-9(2)11(8-13(19)10(3)16)12(18)6-7-15(4,5)14(17)20/h8-9,13-14,16H,6-7,10-12H2,1-5H3;9-11,13,19H,6-8,16H2,1-5H3,(H2,17,20)/t16-;10-,11-,13-/m10/s1. The smallest absolute Gasteiger partial charge is 0.223 e. The number of primary amides is 1. The number of ether oxygens (including phenoxy) is 3. The highest BCUT2D eigenvalue weighted by Crippen LogP contribution is 2.31. The van der Waals surface area contributed by atoms with Crippen molar-refractivity contribution in [2.24, 2.45) is 40.6 Å². The van der Waals surface area contributed by atoms with Crippen LogP contribution in [0.5, 0.6) is 11.5 Å². The van der Waals surface area contributed by atoms with Crippen LogP contribution in [0, 0.1) is 29.1 Å². The van der Waals surface area contributed by atoms with Crippen LogP contribution >= 0.6 is 0 Å². The molecule has 8 heteroatoms. The molecule has 1 aromatic rings. The third-order valence-electron chi connectivity index (χ3n) is 7.93. The van der Waals surface area contributed by atoms with Crippen LogP contribution in [-0.4, -0.2) is 56.4 Å². The maximum atomic E-state index is 12.3. The topological polar surface area (TPSA) is 134 Å². The summed E-state index contributed by atoms with van der Waals surface area (Å²) >= 11 is 0. The van der Waals surface area contributed by atoms with E-state index in [1.807, 2.05) is 19.9 Å². The summed E-state index contributed by atoms with van der Waals surface area (Å²) in [6.45, 7) is 17.3. The van der Waals surface area contributed by atoms with Crippen LogP contribution in [0.4, 0.5) is 0 Å². The lowest BCUT2D eigenvalue weighted by Crippen LogP contribution is -2.37. The lowest BCUT2D eigenvalue weighted by atomic mass is 9.80. The second kappa shape index (κ2) is 19.9. The molecule has 0 spiro atoms. The zero-order valence-electron chi connectivity index (χ0n) is 27.5. The molecule has 4 atom stereocenters. The van der Waals surface area contributed by atoms with Gasteiger partial charge in [0, 0.05) is 43.9 Å². The number of Topliss-reactive ketones (excluding diaryl/α,β-unsaturated/α-hetero) is 1. The highest BCUT2D eigenvalue weighted by atomic mass is 16.5. The molecule has 0 heterocycles. The van der Waals surface area contributed by atoms with E-state index in [1.54, 1.807) is 35.0 Å². The van der Waals surface area contributed by atoms with Gasteiger partial charge in [-0.3, -0.25) is 9.59 Å². The predicted molar refractivity (Wildman–Crippen MR) is 167 cm³/mol. The van der Waals surface area contributed by atoms with Crippen LogP contribution in [0.3, 0.4) is 0 Å². The Morgan fingerprint density at radius 2 is 1.63 bits per heavy atom. The largest absolute Gasteiger partial charge is 0.493 e. The Labute approximate surface area is 249 Å². The summed E-state index contributed by atoms with van der Waals surface area (Å²) in [4.78, 5) is 23.6. The van der Waals surface area contributed by atoms with E-state index < -0.39 is 17.4 Å². The van der Waals surface area contributed by atoms with Crippen molar-refractivity contribution in [2.75, 3.05) is 27.4 Å². The van der Waals surface area contributed by atoms with Crippen molar-refractivity contribution in [1.29, 1.82) is 0 Å². The van der Waals surface area contributed by atoms with Crippen molar-refractivity contribution in [3.05, 3.63) is 23.8 Å². The number of hydrogen-bond acceptors (Lipinski definition) is 7. The van der Waals surface area contributed by atoms with Crippen molar-refractivity contribution in [1.82, 2.24) is 0 Å². The summed E-state index contributed by atoms with van der Waals surface area (Å²) in [5.41, 5.74) is 11.6. The van der Waals surface area contributed by atoms with Gasteiger partial charge in [-0.15, -0.1) is 0 Å². The summed E-state index contributed by atoms with van der Waals surface area (Å²) in [5.74, 6) is 2.60. The first-order valence-corrected chi connectivity index (χ1v) is 15.2. The fraction of sp³-hybridized carbons (Fsp3) is 0.758. The molecule has 1 amide bonds. The predicted octanol–water partition coefficient (Wildman–Crippen LogP) is 5.55. The minimum absolute atomic E-state index is 0.0639. The lowest BCUT2D eigenvalue weighted by Gasteiger charge is -2.26. The summed E-state index contributed by atoms with van der Waals surface area (Å²) in [6, 6.07) is 5.92. The summed E-state index contributed by atoms with van der Waals surface area (Å²) in [5, 5.41) is 9.86. The highest BCUT2D eigenvalue weighted by molar-refractivity contribution is 5.84. The van der Waals surface area contributed by atoms with Crippen LogP contribution in [0.1, 0.15) is 93.1 Å². The molecule has 1 rings (SSSR count). The molecule has 1 aromatic carbocycles. The van der Waals surface area contributed by atoms with Crippen LogP contribution < -0.4 is 20.9 Å². The molecule has 8 nitrogen and oxygen atoms in total. The number of nitrogens with two attached hydrogens (primary N) is 2. The minimum atomic E-state index is -0.685. The molecule has 0 fully saturated rings. The van der Waals surface area contributed by atoms with Crippen molar-refractivity contribution in [3.63, 3.8) is 0 Å². The Morgan fingerprint density at radius 1 is 1.00 bits per heavy atom. The number of aliphatic hydroxyl groups excluding tert-OH is 1. The summed E-state index contributed by atoms with van der Waals surface area (Å²) < 4.78 is 16.3. The average molecular weight is 581 g/mol. The number of rotatable bonds is 19. The van der Waals surface area contributed by atoms with E-state index in [0.717, 1.165) is 24.3 Å². The van der Waals surface area contributed by atoms with Gasteiger partial charge in [0.2, 0.25) is 5.91 Å². The van der Waals surface area contributed by atoms with Gasteiger partial charge < -0.3 is 30.8 Å². The van der Waals surface area contributed by atoms with Crippen molar-refractivity contribution in [2.45, 2.75) is 106 Å². The molecule has 0 aliphatic heterocycles. The van der Waals surface area contributed by atoms with E-state index in [-0.39, 0.29) is 23.7 Å². The Hall–Kier alpha value is -2.16. The van der Waals surface area contributed by atoms with Gasteiger partial charge in [-0.25, -0.2) is 0 Å². The number of carbonyl (C=O) groups excluding carboxylic acids is 2. The Morgan fingerprint density at radius 3 is 2.10 bits per heavy atom. The Balaban J connectivity index is 0.000000782. The van der Waals surface area contributed by atoms with E-state index in [2.05, 4.69) is 32.9 Å². The molecule has 0 radical (unpaired) electrons. The minimum Gasteiger partial charge on any atom is -0.493 e. The van der Waals surface area contributed by atoms with Crippen LogP contribution in [0.15, 0.2) is 18.2 Å². The monoisotopic (exact) mass is 580 g/mol. The lowest BCUT2D eigenvalue weighted by molar-refractivity contribution is -0.128. The van der Waals surface area contributed by atoms with Crippen LogP contribution in [0.2, 0.25) is 0 Å². The van der Waals surface area contributed by atoms with Gasteiger partial charge in [0.05, 0.1) is 19.8 Å². The van der Waals surface area contributed by atoms with E-state index in [9.17, 15) is 14.7 Å². The molecule has 0 saturated carbocycles. The first kappa shape index (κ1) is 38.8. The SMILES string of the molecule is CC(C)[C@H](C[C@H](O)[C@H](C)N)C(=O)CCC(C)(C)C(N)=O.CC[C@H](Cc1ccc(OC)c(OCCCOC)c1)C(C)C. The van der Waals surface area contributed by atoms with Gasteiger partial charge in [-0.2, -0.15) is 0 Å². The van der Waals surface area contributed by atoms with E-state index in [4.69, 9.17) is 25.7 Å². The normalized spacial score (nSPS) is 14.6. The first-order chi connectivity index (χ1) is 19.1. The van der Waals surface area contributed by atoms with Gasteiger partial charge in [0.15, 0.2) is 11.5 Å². The third-order valence-corrected chi connectivity index (χ3v) is 7.93. The van der Waals surface area contributed by atoms with E-state index in [0.29, 0.717) is 44.3 Å². The number of carbonyl (C=O) groups is 2. The molecule has 238 valence electrons. The van der Waals surface area contributed by atoms with Gasteiger partial charge in [-0.05, 0) is 61.6 Å². The number of ketones is 1. The third kappa shape index (κ3) is 15.0. The Kier molecular flexibility index (Phi) is 18.8. The quantitative estimate of drug-likeness (QED) is 0.183. The number of methoxy groups -OCH3 is 2. The van der Waals surface area contributed by atoms with Crippen LogP contribution in [-0.2, 0) is 20.7 Å². The second-order valence-electron chi connectivity index (χ2n) is 12.5.